The van der Waals surface area contributed by atoms with Crippen LogP contribution in [0.15, 0.2) is 0 Å². The van der Waals surface area contributed by atoms with Crippen LogP contribution in [0.2, 0.25) is 0 Å². The topological polar surface area (TPSA) is 12.0 Å². The molecule has 1 aliphatic carbocycles. The molecule has 2 atom stereocenters. The molecule has 1 N–H and O–H groups in total. The van der Waals surface area contributed by atoms with Gasteiger partial charge in [0, 0.05) is 6.04 Å². The average molecular weight is 286 g/mol. The Morgan fingerprint density at radius 2 is 1.79 bits per heavy atom. The Kier molecular flexibility index (Phi) is 10.1. The summed E-state index contributed by atoms with van der Waals surface area (Å²) in [7, 11) is 0. The highest BCUT2D eigenvalue weighted by Crippen LogP contribution is 2.28. The van der Waals surface area contributed by atoms with Gasteiger partial charge in [0.2, 0.25) is 0 Å². The van der Waals surface area contributed by atoms with E-state index in [2.05, 4.69) is 25.4 Å². The van der Waals surface area contributed by atoms with Crippen molar-refractivity contribution < 1.29 is 0 Å². The molecule has 1 fully saturated rings. The molecule has 0 heterocycles. The van der Waals surface area contributed by atoms with Gasteiger partial charge in [0.05, 0.1) is 0 Å². The van der Waals surface area contributed by atoms with Crippen LogP contribution in [0.25, 0.3) is 0 Å². The summed E-state index contributed by atoms with van der Waals surface area (Å²) in [5.41, 5.74) is 0. The Labute approximate surface area is 125 Å². The Morgan fingerprint density at radius 1 is 1.00 bits per heavy atom. The van der Waals surface area contributed by atoms with Gasteiger partial charge in [0.25, 0.3) is 0 Å². The van der Waals surface area contributed by atoms with Gasteiger partial charge in [-0.3, -0.25) is 0 Å². The number of hydrogen-bond donors (Lipinski definition) is 1. The lowest BCUT2D eigenvalue weighted by Gasteiger charge is -2.19. The first kappa shape index (κ1) is 17.4. The lowest BCUT2D eigenvalue weighted by molar-refractivity contribution is 0.337. The number of thioether (sulfide) groups is 1. The zero-order valence-corrected chi connectivity index (χ0v) is 14.2. The zero-order valence-electron chi connectivity index (χ0n) is 13.4. The van der Waals surface area contributed by atoms with Gasteiger partial charge < -0.3 is 5.32 Å². The number of rotatable bonds is 9. The smallest absolute Gasteiger partial charge is 0.00671 e. The van der Waals surface area contributed by atoms with Gasteiger partial charge in [-0.1, -0.05) is 39.5 Å². The highest BCUT2D eigenvalue weighted by molar-refractivity contribution is 7.98. The minimum Gasteiger partial charge on any atom is -0.314 e. The first-order valence-corrected chi connectivity index (χ1v) is 9.85. The Balaban J connectivity index is 2.00. The van der Waals surface area contributed by atoms with Gasteiger partial charge in [-0.25, -0.2) is 0 Å². The molecular weight excluding hydrogens is 250 g/mol. The van der Waals surface area contributed by atoms with Crippen molar-refractivity contribution in [3.05, 3.63) is 0 Å². The molecule has 0 aromatic heterocycles. The maximum atomic E-state index is 3.81. The fraction of sp³-hybridized carbons (Fsp3) is 1.00. The molecule has 0 aliphatic heterocycles. The molecule has 0 spiro atoms. The summed E-state index contributed by atoms with van der Waals surface area (Å²) in [4.78, 5) is 0. The normalized spacial score (nSPS) is 24.6. The van der Waals surface area contributed by atoms with Gasteiger partial charge >= 0.3 is 0 Å². The molecule has 1 saturated carbocycles. The van der Waals surface area contributed by atoms with Crippen LogP contribution in [0, 0.1) is 11.8 Å². The molecule has 2 heteroatoms. The van der Waals surface area contributed by atoms with Crippen molar-refractivity contribution >= 4 is 11.8 Å². The molecule has 114 valence electrons. The van der Waals surface area contributed by atoms with E-state index in [1.165, 1.54) is 70.1 Å². The maximum Gasteiger partial charge on any atom is 0.00671 e. The summed E-state index contributed by atoms with van der Waals surface area (Å²) in [6.07, 6.45) is 15.0. The Morgan fingerprint density at radius 3 is 2.53 bits per heavy atom. The second-order valence-corrected chi connectivity index (χ2v) is 7.56. The summed E-state index contributed by atoms with van der Waals surface area (Å²) in [5.74, 6) is 3.21. The minimum atomic E-state index is 0.815. The largest absolute Gasteiger partial charge is 0.314 e. The van der Waals surface area contributed by atoms with Crippen molar-refractivity contribution in [3.63, 3.8) is 0 Å². The number of unbranched alkanes of at least 4 members (excludes halogenated alkanes) is 3. The number of hydrogen-bond acceptors (Lipinski definition) is 2. The van der Waals surface area contributed by atoms with Gasteiger partial charge in [-0.15, -0.1) is 0 Å². The third-order valence-corrected chi connectivity index (χ3v) is 5.36. The van der Waals surface area contributed by atoms with Crippen molar-refractivity contribution in [1.29, 1.82) is 0 Å². The zero-order chi connectivity index (χ0) is 13.9. The van der Waals surface area contributed by atoms with Gasteiger partial charge in [0.1, 0.15) is 0 Å². The third-order valence-electron chi connectivity index (χ3n) is 4.66. The molecule has 1 aliphatic rings. The second-order valence-electron chi connectivity index (χ2n) is 6.57. The van der Waals surface area contributed by atoms with Crippen molar-refractivity contribution in [1.82, 2.24) is 5.32 Å². The van der Waals surface area contributed by atoms with Crippen LogP contribution < -0.4 is 5.32 Å². The molecule has 19 heavy (non-hydrogen) atoms. The van der Waals surface area contributed by atoms with E-state index in [0.717, 1.165) is 17.9 Å². The van der Waals surface area contributed by atoms with Gasteiger partial charge in [0.15, 0.2) is 0 Å². The lowest BCUT2D eigenvalue weighted by Crippen LogP contribution is -2.29. The van der Waals surface area contributed by atoms with E-state index >= 15 is 0 Å². The van der Waals surface area contributed by atoms with Crippen LogP contribution >= 0.6 is 11.8 Å². The van der Waals surface area contributed by atoms with E-state index in [1.54, 1.807) is 0 Å². The first-order valence-electron chi connectivity index (χ1n) is 8.46. The molecule has 0 amide bonds. The van der Waals surface area contributed by atoms with E-state index in [9.17, 15) is 0 Å². The predicted octanol–water partition coefficient (Wildman–Crippen LogP) is 5.10. The molecule has 0 aromatic rings. The van der Waals surface area contributed by atoms with Crippen molar-refractivity contribution in [2.24, 2.45) is 11.8 Å². The second kappa shape index (κ2) is 11.0. The van der Waals surface area contributed by atoms with Gasteiger partial charge in [-0.05, 0) is 62.5 Å². The molecule has 0 aromatic carbocycles. The van der Waals surface area contributed by atoms with E-state index in [0.29, 0.717) is 0 Å². The van der Waals surface area contributed by atoms with Crippen LogP contribution in [0.1, 0.15) is 71.6 Å². The quantitative estimate of drug-likeness (QED) is 0.467. The Bertz CT molecular complexity index is 205. The van der Waals surface area contributed by atoms with Crippen LogP contribution in [0.3, 0.4) is 0 Å². The highest BCUT2D eigenvalue weighted by Gasteiger charge is 2.20. The van der Waals surface area contributed by atoms with E-state index in [4.69, 9.17) is 0 Å². The van der Waals surface area contributed by atoms with Crippen LogP contribution in [-0.4, -0.2) is 24.6 Å². The third kappa shape index (κ3) is 8.24. The SMILES string of the molecule is CSCCCCCCNC1CCCC(C(C)C)CC1. The Hall–Kier alpha value is 0.310. The number of nitrogens with one attached hydrogen (secondary N) is 1. The lowest BCUT2D eigenvalue weighted by atomic mass is 9.89. The summed E-state index contributed by atoms with van der Waals surface area (Å²) < 4.78 is 0. The highest BCUT2D eigenvalue weighted by atomic mass is 32.2. The molecular formula is C17H35NS. The summed E-state index contributed by atoms with van der Waals surface area (Å²) in [6.45, 7) is 6.04. The fourth-order valence-corrected chi connectivity index (χ4v) is 3.73. The molecule has 2 unspecified atom stereocenters. The van der Waals surface area contributed by atoms with Crippen molar-refractivity contribution in [3.8, 4) is 0 Å². The van der Waals surface area contributed by atoms with Crippen LogP contribution in [0.5, 0.6) is 0 Å². The summed E-state index contributed by atoms with van der Waals surface area (Å²) in [6, 6.07) is 0.815. The maximum absolute atomic E-state index is 3.81. The molecule has 1 nitrogen and oxygen atoms in total. The fourth-order valence-electron chi connectivity index (χ4n) is 3.23. The average Bonchev–Trinajstić information content (AvgIpc) is 2.63. The summed E-state index contributed by atoms with van der Waals surface area (Å²) in [5, 5.41) is 3.81. The van der Waals surface area contributed by atoms with Crippen LogP contribution in [-0.2, 0) is 0 Å². The molecule has 0 bridgehead atoms. The molecule has 1 rings (SSSR count). The van der Waals surface area contributed by atoms with E-state index in [-0.39, 0.29) is 0 Å². The predicted molar refractivity (Wildman–Crippen MR) is 90.1 cm³/mol. The van der Waals surface area contributed by atoms with Crippen LogP contribution in [0.4, 0.5) is 0 Å². The van der Waals surface area contributed by atoms with Crippen molar-refractivity contribution in [2.75, 3.05) is 18.6 Å². The van der Waals surface area contributed by atoms with E-state index < -0.39 is 0 Å². The first-order chi connectivity index (χ1) is 9.24. The molecule has 0 saturated heterocycles. The summed E-state index contributed by atoms with van der Waals surface area (Å²) >= 11 is 1.98. The minimum absolute atomic E-state index is 0.815. The monoisotopic (exact) mass is 285 g/mol. The van der Waals surface area contributed by atoms with Crippen molar-refractivity contribution in [2.45, 2.75) is 77.7 Å². The molecule has 0 radical (unpaired) electrons. The van der Waals surface area contributed by atoms with E-state index in [1.807, 2.05) is 11.8 Å². The standard InChI is InChI=1S/C17H35NS/c1-15(2)16-9-8-10-17(12-11-16)18-13-6-4-5-7-14-19-3/h15-18H,4-14H2,1-3H3. The van der Waals surface area contributed by atoms with Gasteiger partial charge in [-0.2, -0.15) is 11.8 Å².